The van der Waals surface area contributed by atoms with Crippen LogP contribution in [0.3, 0.4) is 0 Å². The molecule has 0 aromatic carbocycles. The second-order valence-corrected chi connectivity index (χ2v) is 4.17. The Labute approximate surface area is 89.1 Å². The minimum Gasteiger partial charge on any atom is -0.480 e. The molecule has 0 radical (unpaired) electrons. The predicted molar refractivity (Wildman–Crippen MR) is 52.2 cm³/mol. The van der Waals surface area contributed by atoms with E-state index in [1.165, 1.54) is 0 Å². The fourth-order valence-electron chi connectivity index (χ4n) is 2.06. The van der Waals surface area contributed by atoms with Crippen LogP contribution in [0.15, 0.2) is 11.8 Å². The smallest absolute Gasteiger partial charge is 0.184 e. The number of fused-ring (bicyclic) bond motifs is 3. The van der Waals surface area contributed by atoms with Crippen LogP contribution in [0, 0.1) is 0 Å². The summed E-state index contributed by atoms with van der Waals surface area (Å²) in [5.41, 5.74) is 0. The van der Waals surface area contributed by atoms with Crippen LogP contribution >= 0.6 is 0 Å². The molecule has 0 saturated carbocycles. The number of hydrogen-bond donors (Lipinski definition) is 0. The summed E-state index contributed by atoms with van der Waals surface area (Å²) >= 11 is 0. The van der Waals surface area contributed by atoms with Gasteiger partial charge >= 0.3 is 0 Å². The van der Waals surface area contributed by atoms with Crippen LogP contribution in [0.4, 0.5) is 0 Å². The van der Waals surface area contributed by atoms with Gasteiger partial charge in [-0.1, -0.05) is 13.3 Å². The molecule has 84 valence electrons. The zero-order valence-corrected chi connectivity index (χ0v) is 8.85. The Hall–Kier alpha value is -0.580. The number of hydrogen-bond acceptors (Lipinski definition) is 4. The van der Waals surface area contributed by atoms with E-state index < -0.39 is 0 Å². The highest BCUT2D eigenvalue weighted by Crippen LogP contribution is 2.39. The lowest BCUT2D eigenvalue weighted by Gasteiger charge is -2.19. The highest BCUT2D eigenvalue weighted by molar-refractivity contribution is 5.21. The molecule has 0 N–H and O–H groups in total. The lowest BCUT2D eigenvalue weighted by atomic mass is 10.1. The summed E-state index contributed by atoms with van der Waals surface area (Å²) in [4.78, 5) is 0. The van der Waals surface area contributed by atoms with Crippen LogP contribution < -0.4 is 0 Å². The molecule has 15 heavy (non-hydrogen) atoms. The molecule has 4 nitrogen and oxygen atoms in total. The molecule has 2 bridgehead atoms. The van der Waals surface area contributed by atoms with Crippen molar-refractivity contribution in [2.24, 2.45) is 0 Å². The first-order chi connectivity index (χ1) is 7.38. The van der Waals surface area contributed by atoms with Crippen LogP contribution in [0.25, 0.3) is 0 Å². The van der Waals surface area contributed by atoms with Crippen molar-refractivity contribution in [3.8, 4) is 0 Å². The molecular weight excluding hydrogens is 196 g/mol. The summed E-state index contributed by atoms with van der Waals surface area (Å²) in [6, 6.07) is 0. The van der Waals surface area contributed by atoms with Gasteiger partial charge in [0.25, 0.3) is 0 Å². The van der Waals surface area contributed by atoms with Crippen molar-refractivity contribution in [2.75, 3.05) is 13.2 Å². The summed E-state index contributed by atoms with van der Waals surface area (Å²) < 4.78 is 22.4. The van der Waals surface area contributed by atoms with Crippen molar-refractivity contribution >= 4 is 0 Å². The first-order valence-corrected chi connectivity index (χ1v) is 5.65. The molecule has 3 rings (SSSR count). The van der Waals surface area contributed by atoms with E-state index >= 15 is 0 Å². The van der Waals surface area contributed by atoms with E-state index in [2.05, 4.69) is 6.92 Å². The van der Waals surface area contributed by atoms with Gasteiger partial charge in [0.15, 0.2) is 12.4 Å². The van der Waals surface area contributed by atoms with Crippen molar-refractivity contribution in [3.63, 3.8) is 0 Å². The van der Waals surface area contributed by atoms with E-state index in [9.17, 15) is 0 Å². The summed E-state index contributed by atoms with van der Waals surface area (Å²) in [6.45, 7) is 3.55. The van der Waals surface area contributed by atoms with E-state index in [-0.39, 0.29) is 24.6 Å². The Kier molecular flexibility index (Phi) is 2.42. The zero-order chi connectivity index (χ0) is 10.3. The highest BCUT2D eigenvalue weighted by Gasteiger charge is 2.51. The van der Waals surface area contributed by atoms with Crippen molar-refractivity contribution in [1.29, 1.82) is 0 Å². The van der Waals surface area contributed by atoms with E-state index in [0.29, 0.717) is 6.61 Å². The third-order valence-corrected chi connectivity index (χ3v) is 2.99. The third kappa shape index (κ3) is 1.77. The molecule has 1 unspecified atom stereocenters. The molecule has 3 aliphatic heterocycles. The van der Waals surface area contributed by atoms with Crippen molar-refractivity contribution < 1.29 is 18.9 Å². The molecule has 0 amide bonds. The second kappa shape index (κ2) is 3.77. The summed E-state index contributed by atoms with van der Waals surface area (Å²) in [5.74, 6) is 0.976. The minimum atomic E-state index is -0.213. The molecule has 0 aromatic heterocycles. The normalized spacial score (nSPS) is 41.5. The lowest BCUT2D eigenvalue weighted by Crippen LogP contribution is -2.35. The number of epoxide rings is 1. The first-order valence-electron chi connectivity index (χ1n) is 5.65. The summed E-state index contributed by atoms with van der Waals surface area (Å²) in [7, 11) is 0. The molecule has 3 aliphatic rings. The van der Waals surface area contributed by atoms with Gasteiger partial charge in [-0.25, -0.2) is 0 Å². The Bertz CT molecular complexity index is 276. The van der Waals surface area contributed by atoms with Gasteiger partial charge in [0.1, 0.15) is 18.0 Å². The molecule has 2 saturated heterocycles. The maximum atomic E-state index is 5.82. The van der Waals surface area contributed by atoms with E-state index in [0.717, 1.165) is 25.2 Å². The topological polar surface area (TPSA) is 40.2 Å². The molecule has 2 fully saturated rings. The lowest BCUT2D eigenvalue weighted by molar-refractivity contribution is -0.0808. The molecule has 0 spiro atoms. The maximum Gasteiger partial charge on any atom is 0.184 e. The highest BCUT2D eigenvalue weighted by atomic mass is 16.7. The predicted octanol–water partition coefficient (Wildman–Crippen LogP) is 1.21. The number of unbranched alkanes of at least 4 members (excludes halogenated alkanes) is 1. The van der Waals surface area contributed by atoms with E-state index in [1.807, 2.05) is 6.08 Å². The van der Waals surface area contributed by atoms with Gasteiger partial charge in [-0.15, -0.1) is 0 Å². The summed E-state index contributed by atoms with van der Waals surface area (Å²) in [6.07, 6.45) is 4.11. The van der Waals surface area contributed by atoms with Crippen molar-refractivity contribution in [3.05, 3.63) is 11.8 Å². The molecule has 4 atom stereocenters. The van der Waals surface area contributed by atoms with Crippen LogP contribution in [-0.4, -0.2) is 37.8 Å². The Morgan fingerprint density at radius 3 is 3.33 bits per heavy atom. The molecule has 3 heterocycles. The van der Waals surface area contributed by atoms with Gasteiger partial charge in [-0.2, -0.15) is 0 Å². The van der Waals surface area contributed by atoms with Gasteiger partial charge in [-0.05, 0) is 6.42 Å². The van der Waals surface area contributed by atoms with Crippen molar-refractivity contribution in [1.82, 2.24) is 0 Å². The Morgan fingerprint density at radius 2 is 2.47 bits per heavy atom. The number of ether oxygens (including phenoxy) is 4. The van der Waals surface area contributed by atoms with Gasteiger partial charge in [-0.3, -0.25) is 0 Å². The van der Waals surface area contributed by atoms with Gasteiger partial charge in [0.2, 0.25) is 0 Å². The zero-order valence-electron chi connectivity index (χ0n) is 8.85. The first kappa shape index (κ1) is 9.63. The second-order valence-electron chi connectivity index (χ2n) is 4.17. The van der Waals surface area contributed by atoms with Crippen molar-refractivity contribution in [2.45, 2.75) is 44.4 Å². The Morgan fingerprint density at radius 1 is 1.53 bits per heavy atom. The van der Waals surface area contributed by atoms with Gasteiger partial charge in [0, 0.05) is 12.7 Å². The fourth-order valence-corrected chi connectivity index (χ4v) is 2.06. The SMILES string of the molecule is CCCCO[C@@H]1C2CO[C@@H](C=C3O[C@H]31)O2. The minimum absolute atomic E-state index is 0.0234. The summed E-state index contributed by atoms with van der Waals surface area (Å²) in [5, 5.41) is 0. The van der Waals surface area contributed by atoms with Crippen LogP contribution in [0.1, 0.15) is 19.8 Å². The van der Waals surface area contributed by atoms with E-state index in [4.69, 9.17) is 18.9 Å². The van der Waals surface area contributed by atoms with Gasteiger partial charge < -0.3 is 18.9 Å². The van der Waals surface area contributed by atoms with Gasteiger partial charge in [0.05, 0.1) is 6.61 Å². The van der Waals surface area contributed by atoms with Crippen LogP contribution in [0.2, 0.25) is 0 Å². The van der Waals surface area contributed by atoms with Crippen LogP contribution in [-0.2, 0) is 18.9 Å². The fraction of sp³-hybridized carbons (Fsp3) is 0.818. The standard InChI is InChI=1S/C11H16O4/c1-2-3-4-12-10-8-6-13-9(14-8)5-7-11(10)15-7/h5,8-11H,2-4,6H2,1H3/t8?,9-,10-,11-/m1/s1. The molecular formula is C11H16O4. The quantitative estimate of drug-likeness (QED) is 0.518. The van der Waals surface area contributed by atoms with E-state index in [1.54, 1.807) is 0 Å². The number of rotatable bonds is 4. The maximum absolute atomic E-state index is 5.82. The Balaban J connectivity index is 1.64. The largest absolute Gasteiger partial charge is 0.480 e. The molecule has 0 aliphatic carbocycles. The average molecular weight is 212 g/mol. The molecule has 4 heteroatoms. The third-order valence-electron chi connectivity index (χ3n) is 2.99. The van der Waals surface area contributed by atoms with Crippen LogP contribution in [0.5, 0.6) is 0 Å². The monoisotopic (exact) mass is 212 g/mol. The average Bonchev–Trinajstić information content (AvgIpc) is 2.80. The molecule has 0 aromatic rings.